The van der Waals surface area contributed by atoms with Crippen LogP contribution in [0.3, 0.4) is 0 Å². The van der Waals surface area contributed by atoms with E-state index in [0.717, 1.165) is 35.9 Å². The zero-order valence-corrected chi connectivity index (χ0v) is 10.7. The van der Waals surface area contributed by atoms with E-state index in [1.807, 2.05) is 30.8 Å². The number of nitrogens with zero attached hydrogens (tertiary/aromatic N) is 4. The summed E-state index contributed by atoms with van der Waals surface area (Å²) in [5, 5.41) is 3.44. The van der Waals surface area contributed by atoms with Gasteiger partial charge in [-0.3, -0.25) is 0 Å². The molecular formula is C13H17N5. The molecule has 0 aromatic carbocycles. The lowest BCUT2D eigenvalue weighted by Gasteiger charge is -2.11. The Balaban J connectivity index is 2.03. The lowest BCUT2D eigenvalue weighted by molar-refractivity contribution is 0.603. The van der Waals surface area contributed by atoms with Gasteiger partial charge in [-0.25, -0.2) is 15.0 Å². The van der Waals surface area contributed by atoms with E-state index < -0.39 is 0 Å². The van der Waals surface area contributed by atoms with Crippen molar-refractivity contribution in [2.24, 2.45) is 7.05 Å². The second kappa shape index (κ2) is 4.49. The molecule has 0 bridgehead atoms. The fourth-order valence-electron chi connectivity index (χ4n) is 2.39. The van der Waals surface area contributed by atoms with Gasteiger partial charge in [0.2, 0.25) is 0 Å². The zero-order valence-electron chi connectivity index (χ0n) is 10.7. The van der Waals surface area contributed by atoms with Crippen molar-refractivity contribution in [3.05, 3.63) is 30.1 Å². The van der Waals surface area contributed by atoms with Crippen molar-refractivity contribution in [1.29, 1.82) is 0 Å². The lowest BCUT2D eigenvalue weighted by Crippen LogP contribution is -2.16. The van der Waals surface area contributed by atoms with E-state index in [-0.39, 0.29) is 0 Å². The van der Waals surface area contributed by atoms with Gasteiger partial charge < -0.3 is 9.88 Å². The number of hydrogen-bond acceptors (Lipinski definition) is 4. The van der Waals surface area contributed by atoms with Crippen LogP contribution >= 0.6 is 0 Å². The van der Waals surface area contributed by atoms with Gasteiger partial charge in [0, 0.05) is 12.7 Å². The molecule has 3 heterocycles. The van der Waals surface area contributed by atoms with E-state index in [9.17, 15) is 0 Å². The molecule has 1 aliphatic rings. The molecule has 0 radical (unpaired) electrons. The topological polar surface area (TPSA) is 55.6 Å². The van der Waals surface area contributed by atoms with Crippen molar-refractivity contribution in [3.63, 3.8) is 0 Å². The van der Waals surface area contributed by atoms with E-state index in [1.54, 1.807) is 6.33 Å². The van der Waals surface area contributed by atoms with Crippen LogP contribution in [0.5, 0.6) is 0 Å². The van der Waals surface area contributed by atoms with Crippen LogP contribution in [0.2, 0.25) is 0 Å². The zero-order chi connectivity index (χ0) is 12.5. The monoisotopic (exact) mass is 243 g/mol. The van der Waals surface area contributed by atoms with Crippen LogP contribution in [-0.4, -0.2) is 26.1 Å². The molecule has 94 valence electrons. The van der Waals surface area contributed by atoms with Crippen molar-refractivity contribution >= 4 is 0 Å². The molecule has 3 rings (SSSR count). The number of aryl methyl sites for hydroxylation is 2. The Morgan fingerprint density at radius 3 is 2.94 bits per heavy atom. The first-order valence-corrected chi connectivity index (χ1v) is 6.30. The maximum atomic E-state index is 4.68. The predicted octanol–water partition coefficient (Wildman–Crippen LogP) is 1.61. The molecule has 0 amide bonds. The normalized spacial score (nSPS) is 19.3. The second-order valence-corrected chi connectivity index (χ2v) is 4.79. The van der Waals surface area contributed by atoms with Gasteiger partial charge >= 0.3 is 0 Å². The fourth-order valence-corrected chi connectivity index (χ4v) is 2.39. The average Bonchev–Trinajstić information content (AvgIpc) is 2.98. The summed E-state index contributed by atoms with van der Waals surface area (Å²) in [6.07, 6.45) is 5.95. The molecule has 5 nitrogen and oxygen atoms in total. The maximum Gasteiger partial charge on any atom is 0.146 e. The smallest absolute Gasteiger partial charge is 0.146 e. The Hall–Kier alpha value is -1.75. The number of imidazole rings is 1. The highest BCUT2D eigenvalue weighted by Gasteiger charge is 2.20. The minimum absolute atomic E-state index is 0.303. The minimum atomic E-state index is 0.303. The molecule has 1 atom stereocenters. The molecule has 1 unspecified atom stereocenters. The maximum absolute atomic E-state index is 4.68. The van der Waals surface area contributed by atoms with E-state index in [0.29, 0.717) is 6.04 Å². The molecule has 18 heavy (non-hydrogen) atoms. The molecule has 1 aliphatic heterocycles. The molecule has 5 heteroatoms. The molecule has 1 fully saturated rings. The summed E-state index contributed by atoms with van der Waals surface area (Å²) < 4.78 is 1.98. The van der Waals surface area contributed by atoms with Gasteiger partial charge in [0.15, 0.2) is 0 Å². The van der Waals surface area contributed by atoms with Crippen LogP contribution in [-0.2, 0) is 7.05 Å². The SMILES string of the molecule is Cc1cc(-c2cncn2C)nc(C2CCCN2)n1. The van der Waals surface area contributed by atoms with Crippen LogP contribution in [0.15, 0.2) is 18.6 Å². The first-order chi connectivity index (χ1) is 8.74. The first kappa shape index (κ1) is 11.3. The Kier molecular flexibility index (Phi) is 2.83. The summed E-state index contributed by atoms with van der Waals surface area (Å²) in [4.78, 5) is 13.4. The molecule has 2 aromatic heterocycles. The van der Waals surface area contributed by atoms with Crippen molar-refractivity contribution in [2.75, 3.05) is 6.54 Å². The highest BCUT2D eigenvalue weighted by Crippen LogP contribution is 2.23. The molecule has 0 aliphatic carbocycles. The highest BCUT2D eigenvalue weighted by atomic mass is 15.1. The van der Waals surface area contributed by atoms with Gasteiger partial charge in [0.1, 0.15) is 5.82 Å². The molecule has 0 saturated carbocycles. The van der Waals surface area contributed by atoms with E-state index >= 15 is 0 Å². The van der Waals surface area contributed by atoms with E-state index in [2.05, 4.69) is 20.3 Å². The predicted molar refractivity (Wildman–Crippen MR) is 68.9 cm³/mol. The van der Waals surface area contributed by atoms with Crippen LogP contribution in [0, 0.1) is 6.92 Å². The Morgan fingerprint density at radius 2 is 2.28 bits per heavy atom. The third kappa shape index (κ3) is 2.01. The summed E-state index contributed by atoms with van der Waals surface area (Å²) in [5.74, 6) is 0.906. The van der Waals surface area contributed by atoms with Crippen molar-refractivity contribution in [1.82, 2.24) is 24.8 Å². The van der Waals surface area contributed by atoms with Crippen LogP contribution in [0.25, 0.3) is 11.4 Å². The number of hydrogen-bond donors (Lipinski definition) is 1. The highest BCUT2D eigenvalue weighted by molar-refractivity contribution is 5.54. The summed E-state index contributed by atoms with van der Waals surface area (Å²) >= 11 is 0. The number of rotatable bonds is 2. The molecule has 1 N–H and O–H groups in total. The minimum Gasteiger partial charge on any atom is -0.332 e. The van der Waals surface area contributed by atoms with Gasteiger partial charge in [-0.15, -0.1) is 0 Å². The summed E-state index contributed by atoms with van der Waals surface area (Å²) in [7, 11) is 1.98. The van der Waals surface area contributed by atoms with Gasteiger partial charge in [-0.1, -0.05) is 0 Å². The van der Waals surface area contributed by atoms with Gasteiger partial charge in [-0.2, -0.15) is 0 Å². The largest absolute Gasteiger partial charge is 0.332 e. The molecular weight excluding hydrogens is 226 g/mol. The number of aromatic nitrogens is 4. The summed E-state index contributed by atoms with van der Waals surface area (Å²) in [6.45, 7) is 3.07. The van der Waals surface area contributed by atoms with Crippen LogP contribution in [0.4, 0.5) is 0 Å². The second-order valence-electron chi connectivity index (χ2n) is 4.79. The van der Waals surface area contributed by atoms with E-state index in [1.165, 1.54) is 6.42 Å². The lowest BCUT2D eigenvalue weighted by atomic mass is 10.2. The van der Waals surface area contributed by atoms with Crippen LogP contribution < -0.4 is 5.32 Å². The average molecular weight is 243 g/mol. The van der Waals surface area contributed by atoms with E-state index in [4.69, 9.17) is 0 Å². The third-order valence-electron chi connectivity index (χ3n) is 3.32. The van der Waals surface area contributed by atoms with Gasteiger partial charge in [-0.05, 0) is 32.4 Å². The molecule has 2 aromatic rings. The summed E-state index contributed by atoms with van der Waals surface area (Å²) in [5.41, 5.74) is 2.98. The molecule has 0 spiro atoms. The van der Waals surface area contributed by atoms with Crippen molar-refractivity contribution in [2.45, 2.75) is 25.8 Å². The Morgan fingerprint density at radius 1 is 1.39 bits per heavy atom. The first-order valence-electron chi connectivity index (χ1n) is 6.30. The Bertz CT molecular complexity index is 554. The Labute approximate surface area is 106 Å². The number of nitrogens with one attached hydrogen (secondary N) is 1. The molecule has 1 saturated heterocycles. The quantitative estimate of drug-likeness (QED) is 0.870. The van der Waals surface area contributed by atoms with Gasteiger partial charge in [0.05, 0.1) is 30.0 Å². The van der Waals surface area contributed by atoms with Crippen molar-refractivity contribution < 1.29 is 0 Å². The van der Waals surface area contributed by atoms with Crippen LogP contribution in [0.1, 0.15) is 30.4 Å². The standard InChI is InChI=1S/C13H17N5/c1-9-6-11(12-7-14-8-18(12)2)17-13(16-9)10-4-3-5-15-10/h6-8,10,15H,3-5H2,1-2H3. The third-order valence-corrected chi connectivity index (χ3v) is 3.32. The summed E-state index contributed by atoms with van der Waals surface area (Å²) in [6, 6.07) is 2.31. The van der Waals surface area contributed by atoms with Crippen molar-refractivity contribution in [3.8, 4) is 11.4 Å². The fraction of sp³-hybridized carbons (Fsp3) is 0.462. The van der Waals surface area contributed by atoms with Gasteiger partial charge in [0.25, 0.3) is 0 Å².